The molecule has 42 valence electrons. The van der Waals surface area contributed by atoms with E-state index < -0.39 is 8.53 Å². The van der Waals surface area contributed by atoms with Gasteiger partial charge in [-0.15, -0.1) is 0 Å². The maximum absolute atomic E-state index is 12.0. The molecule has 1 fully saturated rings. The summed E-state index contributed by atoms with van der Waals surface area (Å²) in [6.45, 7) is 0. The summed E-state index contributed by atoms with van der Waals surface area (Å²) in [5, 5.41) is 0. The van der Waals surface area contributed by atoms with Crippen LogP contribution in [0.4, 0.5) is 4.20 Å². The Morgan fingerprint density at radius 3 is 2.14 bits per heavy atom. The molecule has 2 unspecified atom stereocenters. The number of hydrogen-bond acceptors (Lipinski definition) is 3. The zero-order chi connectivity index (χ0) is 5.11. The Balaban J connectivity index is 2.12. The smallest absolute Gasteiger partial charge is 0.240 e. The lowest BCUT2D eigenvalue weighted by atomic mass is 13.8. The lowest BCUT2D eigenvalue weighted by molar-refractivity contribution is 0.871. The fraction of sp³-hybridized carbons (Fsp3) is 0. The first-order chi connectivity index (χ1) is 3.39. The van der Waals surface area contributed by atoms with Crippen LogP contribution >= 0.6 is 26.3 Å². The molecule has 1 saturated heterocycles. The zero-order valence-electron chi connectivity index (χ0n) is 3.33. The second-order valence-electron chi connectivity index (χ2n) is 0.879. The first-order valence-electron chi connectivity index (χ1n) is 1.62. The monoisotopic (exact) mass is 159 g/mol. The van der Waals surface area contributed by atoms with E-state index in [-0.39, 0.29) is 0 Å². The summed E-state index contributed by atoms with van der Waals surface area (Å²) in [5.74, 6) is 0. The van der Waals surface area contributed by atoms with Crippen molar-refractivity contribution in [3.63, 3.8) is 0 Å². The van der Waals surface area contributed by atoms with Gasteiger partial charge in [-0.1, -0.05) is 0 Å². The molecular formula is H5FN3P3. The summed E-state index contributed by atoms with van der Waals surface area (Å²) in [7, 11) is -0.758. The summed E-state index contributed by atoms with van der Waals surface area (Å²) in [6.07, 6.45) is 0. The highest BCUT2D eigenvalue weighted by atomic mass is 31.2. The number of hydrogen-bond donors (Lipinski definition) is 3. The molecule has 0 aromatic carbocycles. The lowest BCUT2D eigenvalue weighted by Gasteiger charge is -2.16. The van der Waals surface area contributed by atoms with Gasteiger partial charge in [-0.3, -0.25) is 4.86 Å². The van der Waals surface area contributed by atoms with Crippen LogP contribution in [0.15, 0.2) is 0 Å². The third kappa shape index (κ3) is 2.23. The average Bonchev–Trinajstić information content (AvgIpc) is 1.69. The van der Waals surface area contributed by atoms with Crippen LogP contribution < -0.4 is 14.6 Å². The number of halogens is 1. The second-order valence-corrected chi connectivity index (χ2v) is 4.73. The van der Waals surface area contributed by atoms with E-state index in [2.05, 4.69) is 14.6 Å². The van der Waals surface area contributed by atoms with Gasteiger partial charge < -0.3 is 0 Å². The summed E-state index contributed by atoms with van der Waals surface area (Å²) in [6, 6.07) is 0. The highest BCUT2D eigenvalue weighted by molar-refractivity contribution is 7.71. The molecule has 0 amide bonds. The van der Waals surface area contributed by atoms with Gasteiger partial charge in [-0.05, 0) is 0 Å². The van der Waals surface area contributed by atoms with Gasteiger partial charge in [0.1, 0.15) is 0 Å². The topological polar surface area (TPSA) is 36.1 Å². The van der Waals surface area contributed by atoms with Gasteiger partial charge in [0.25, 0.3) is 0 Å². The van der Waals surface area contributed by atoms with Crippen molar-refractivity contribution in [1.82, 2.24) is 14.6 Å². The van der Waals surface area contributed by atoms with Crippen molar-refractivity contribution < 1.29 is 4.20 Å². The normalized spacial score (nSPS) is 39.9. The van der Waals surface area contributed by atoms with Crippen molar-refractivity contribution in [2.24, 2.45) is 0 Å². The molecule has 1 aliphatic rings. The molecule has 1 heterocycles. The number of rotatable bonds is 0. The van der Waals surface area contributed by atoms with Gasteiger partial charge in [0, 0.05) is 17.8 Å². The van der Waals surface area contributed by atoms with Crippen LogP contribution in [0.1, 0.15) is 0 Å². The first-order valence-corrected chi connectivity index (χ1v) is 4.85. The molecule has 0 spiro atoms. The molecule has 3 nitrogen and oxygen atoms in total. The summed E-state index contributed by atoms with van der Waals surface area (Å²) >= 11 is 0. The van der Waals surface area contributed by atoms with Crippen LogP contribution in [0.3, 0.4) is 0 Å². The third-order valence-electron chi connectivity index (χ3n) is 0.433. The van der Waals surface area contributed by atoms with E-state index in [0.29, 0.717) is 17.8 Å². The van der Waals surface area contributed by atoms with Crippen LogP contribution in [0.2, 0.25) is 0 Å². The Labute approximate surface area is 46.0 Å². The fourth-order valence-corrected chi connectivity index (χ4v) is 3.43. The van der Waals surface area contributed by atoms with E-state index in [4.69, 9.17) is 0 Å². The van der Waals surface area contributed by atoms with Crippen molar-refractivity contribution in [1.29, 1.82) is 0 Å². The third-order valence-corrected chi connectivity index (χ3v) is 3.90. The van der Waals surface area contributed by atoms with Crippen molar-refractivity contribution in [2.75, 3.05) is 0 Å². The van der Waals surface area contributed by atoms with Gasteiger partial charge in [0.15, 0.2) is 0 Å². The van der Waals surface area contributed by atoms with Gasteiger partial charge in [-0.2, -0.15) is 4.20 Å². The van der Waals surface area contributed by atoms with Crippen molar-refractivity contribution in [3.05, 3.63) is 0 Å². The van der Waals surface area contributed by atoms with Gasteiger partial charge in [0.05, 0.1) is 0 Å². The fourth-order valence-electron chi connectivity index (χ4n) is 0.213. The first kappa shape index (κ1) is 6.22. The Morgan fingerprint density at radius 1 is 1.29 bits per heavy atom. The molecular weight excluding hydrogens is 154 g/mol. The van der Waals surface area contributed by atoms with Crippen LogP contribution in [0.5, 0.6) is 0 Å². The second kappa shape index (κ2) is 3.19. The molecule has 0 radical (unpaired) electrons. The average molecular weight is 159 g/mol. The molecule has 1 rings (SSSR count). The molecule has 7 heteroatoms. The summed E-state index contributed by atoms with van der Waals surface area (Å²) < 4.78 is 12.0. The Hall–Kier alpha value is 1.10. The summed E-state index contributed by atoms with van der Waals surface area (Å²) in [5.41, 5.74) is 0. The molecule has 0 bridgehead atoms. The van der Waals surface area contributed by atoms with Crippen molar-refractivity contribution in [2.45, 2.75) is 0 Å². The molecule has 7 heavy (non-hydrogen) atoms. The van der Waals surface area contributed by atoms with Gasteiger partial charge in [0.2, 0.25) is 8.53 Å². The standard InChI is InChI=1S/FH5N3P3/c1-7-3-5-2-6-4-7/h2-6H. The molecule has 0 aliphatic carbocycles. The molecule has 0 aromatic rings. The Bertz CT molecular complexity index is 52.1. The highest BCUT2D eigenvalue weighted by Gasteiger charge is 2.07. The van der Waals surface area contributed by atoms with E-state index >= 15 is 0 Å². The van der Waals surface area contributed by atoms with E-state index in [1.807, 2.05) is 0 Å². The minimum absolute atomic E-state index is 0.386. The quantitative estimate of drug-likeness (QED) is 0.461. The van der Waals surface area contributed by atoms with E-state index in [1.165, 1.54) is 0 Å². The molecule has 3 N–H and O–H groups in total. The van der Waals surface area contributed by atoms with E-state index in [1.54, 1.807) is 0 Å². The van der Waals surface area contributed by atoms with Gasteiger partial charge >= 0.3 is 0 Å². The van der Waals surface area contributed by atoms with Crippen LogP contribution in [0, 0.1) is 0 Å². The SMILES string of the molecule is FP1NPNPN1. The maximum atomic E-state index is 12.0. The van der Waals surface area contributed by atoms with Crippen LogP contribution in [-0.2, 0) is 0 Å². The zero-order valence-corrected chi connectivity index (χ0v) is 6.22. The number of nitrogens with one attached hydrogen (secondary N) is 3. The van der Waals surface area contributed by atoms with E-state index in [9.17, 15) is 4.20 Å². The minimum atomic E-state index is -1.53. The van der Waals surface area contributed by atoms with Crippen LogP contribution in [0.25, 0.3) is 0 Å². The van der Waals surface area contributed by atoms with Gasteiger partial charge in [-0.25, -0.2) is 9.72 Å². The summed E-state index contributed by atoms with van der Waals surface area (Å²) in [4.78, 5) is 8.11. The highest BCUT2D eigenvalue weighted by Crippen LogP contribution is 2.39. The molecule has 0 saturated carbocycles. The predicted molar refractivity (Wildman–Crippen MR) is 34.1 cm³/mol. The van der Waals surface area contributed by atoms with E-state index in [0.717, 1.165) is 0 Å². The maximum Gasteiger partial charge on any atom is 0.240 e. The van der Waals surface area contributed by atoms with Crippen molar-refractivity contribution in [3.8, 4) is 0 Å². The molecule has 0 aromatic heterocycles. The van der Waals surface area contributed by atoms with Crippen LogP contribution in [-0.4, -0.2) is 0 Å². The molecule has 2 atom stereocenters. The largest absolute Gasteiger partial charge is 0.254 e. The Morgan fingerprint density at radius 2 is 1.86 bits per heavy atom. The Kier molecular flexibility index (Phi) is 2.84. The lowest BCUT2D eigenvalue weighted by Crippen LogP contribution is -2.12. The van der Waals surface area contributed by atoms with Crippen molar-refractivity contribution >= 4 is 26.3 Å². The molecule has 1 aliphatic heterocycles. The minimum Gasteiger partial charge on any atom is -0.254 e. The predicted octanol–water partition coefficient (Wildman–Crippen LogP) is 0.982.